The molecule has 0 saturated heterocycles. The Hall–Kier alpha value is -1.48. The van der Waals surface area contributed by atoms with Gasteiger partial charge in [0.2, 0.25) is 0 Å². The van der Waals surface area contributed by atoms with E-state index in [1.165, 1.54) is 0 Å². The highest BCUT2D eigenvalue weighted by molar-refractivity contribution is 6.33. The molecule has 0 aliphatic carbocycles. The largest absolute Gasteiger partial charge is 0.398 e. The van der Waals surface area contributed by atoms with Crippen molar-refractivity contribution in [3.63, 3.8) is 0 Å². The lowest BCUT2D eigenvalue weighted by Gasteiger charge is -2.06. The number of halogens is 1. The van der Waals surface area contributed by atoms with Crippen molar-refractivity contribution in [1.82, 2.24) is 9.78 Å². The maximum Gasteiger partial charge on any atom is 0.0568 e. The zero-order valence-corrected chi connectivity index (χ0v) is 10.1. The van der Waals surface area contributed by atoms with Gasteiger partial charge in [-0.25, -0.2) is 0 Å². The van der Waals surface area contributed by atoms with Gasteiger partial charge in [-0.05, 0) is 31.5 Å². The van der Waals surface area contributed by atoms with Crippen LogP contribution in [0.1, 0.15) is 12.5 Å². The summed E-state index contributed by atoms with van der Waals surface area (Å²) in [5.74, 6) is 0. The Labute approximate surface area is 99.8 Å². The molecule has 84 valence electrons. The summed E-state index contributed by atoms with van der Waals surface area (Å²) < 4.78 is 1.87. The van der Waals surface area contributed by atoms with Gasteiger partial charge in [0, 0.05) is 29.6 Å². The van der Waals surface area contributed by atoms with Crippen LogP contribution in [0, 0.1) is 6.92 Å². The standard InChI is InChI=1S/C12H14ClN3/c1-3-16-7-9(6-15-16)10-4-8(2)12(14)5-11(10)13/h4-7H,3,14H2,1-2H3. The van der Waals surface area contributed by atoms with Crippen molar-refractivity contribution in [2.24, 2.45) is 0 Å². The molecule has 0 aliphatic rings. The molecule has 2 rings (SSSR count). The average molecular weight is 236 g/mol. The van der Waals surface area contributed by atoms with Crippen LogP contribution < -0.4 is 5.73 Å². The van der Waals surface area contributed by atoms with E-state index in [1.807, 2.05) is 37.0 Å². The van der Waals surface area contributed by atoms with Crippen LogP contribution in [0.25, 0.3) is 11.1 Å². The molecule has 0 amide bonds. The van der Waals surface area contributed by atoms with Crippen molar-refractivity contribution in [3.05, 3.63) is 35.1 Å². The third kappa shape index (κ3) is 1.91. The van der Waals surface area contributed by atoms with Crippen molar-refractivity contribution in [3.8, 4) is 11.1 Å². The van der Waals surface area contributed by atoms with Crippen molar-refractivity contribution >= 4 is 17.3 Å². The number of nitrogens with two attached hydrogens (primary N) is 1. The Balaban J connectivity index is 2.51. The fourth-order valence-electron chi connectivity index (χ4n) is 1.59. The number of anilines is 1. The number of hydrogen-bond acceptors (Lipinski definition) is 2. The Kier molecular flexibility index (Phi) is 2.88. The van der Waals surface area contributed by atoms with Crippen molar-refractivity contribution in [2.45, 2.75) is 20.4 Å². The van der Waals surface area contributed by atoms with Gasteiger partial charge in [-0.3, -0.25) is 4.68 Å². The number of nitrogen functional groups attached to an aromatic ring is 1. The SMILES string of the molecule is CCn1cc(-c2cc(C)c(N)cc2Cl)cn1. The highest BCUT2D eigenvalue weighted by Crippen LogP contribution is 2.31. The number of nitrogens with zero attached hydrogens (tertiary/aromatic N) is 2. The molecular formula is C12H14ClN3. The Bertz CT molecular complexity index is 517. The van der Waals surface area contributed by atoms with Crippen molar-refractivity contribution in [2.75, 3.05) is 5.73 Å². The number of rotatable bonds is 2. The monoisotopic (exact) mass is 235 g/mol. The van der Waals surface area contributed by atoms with Crippen LogP contribution in [0.2, 0.25) is 5.02 Å². The van der Waals surface area contributed by atoms with Gasteiger partial charge < -0.3 is 5.73 Å². The molecule has 1 aromatic carbocycles. The molecule has 4 heteroatoms. The van der Waals surface area contributed by atoms with E-state index in [4.69, 9.17) is 17.3 Å². The van der Waals surface area contributed by atoms with E-state index >= 15 is 0 Å². The maximum absolute atomic E-state index is 6.17. The number of benzene rings is 1. The zero-order chi connectivity index (χ0) is 11.7. The second kappa shape index (κ2) is 4.18. The third-order valence-electron chi connectivity index (χ3n) is 2.62. The lowest BCUT2D eigenvalue weighted by molar-refractivity contribution is 0.660. The van der Waals surface area contributed by atoms with Crippen LogP contribution in [-0.4, -0.2) is 9.78 Å². The van der Waals surface area contributed by atoms with Gasteiger partial charge >= 0.3 is 0 Å². The maximum atomic E-state index is 6.17. The van der Waals surface area contributed by atoms with Crippen LogP contribution in [0.3, 0.4) is 0 Å². The molecule has 1 heterocycles. The highest BCUT2D eigenvalue weighted by atomic mass is 35.5. The molecule has 3 nitrogen and oxygen atoms in total. The topological polar surface area (TPSA) is 43.8 Å². The normalized spacial score (nSPS) is 10.7. The summed E-state index contributed by atoms with van der Waals surface area (Å²) in [5, 5.41) is 4.90. The van der Waals surface area contributed by atoms with Crippen LogP contribution in [0.4, 0.5) is 5.69 Å². The van der Waals surface area contributed by atoms with Crippen LogP contribution in [0.5, 0.6) is 0 Å². The summed E-state index contributed by atoms with van der Waals surface area (Å²) in [6.45, 7) is 4.87. The summed E-state index contributed by atoms with van der Waals surface area (Å²) in [4.78, 5) is 0. The van der Waals surface area contributed by atoms with E-state index < -0.39 is 0 Å². The van der Waals surface area contributed by atoms with Gasteiger partial charge in [0.25, 0.3) is 0 Å². The lowest BCUT2D eigenvalue weighted by Crippen LogP contribution is -1.92. The number of aromatic nitrogens is 2. The summed E-state index contributed by atoms with van der Waals surface area (Å²) in [6.07, 6.45) is 3.80. The fraction of sp³-hybridized carbons (Fsp3) is 0.250. The summed E-state index contributed by atoms with van der Waals surface area (Å²) in [5.41, 5.74) is 9.55. The number of aryl methyl sites for hydroxylation is 2. The average Bonchev–Trinajstić information content (AvgIpc) is 2.71. The van der Waals surface area contributed by atoms with E-state index in [-0.39, 0.29) is 0 Å². The zero-order valence-electron chi connectivity index (χ0n) is 9.37. The second-order valence-electron chi connectivity index (χ2n) is 3.77. The van der Waals surface area contributed by atoms with Gasteiger partial charge in [-0.15, -0.1) is 0 Å². The predicted molar refractivity (Wildman–Crippen MR) is 67.5 cm³/mol. The minimum Gasteiger partial charge on any atom is -0.398 e. The fourth-order valence-corrected chi connectivity index (χ4v) is 1.87. The van der Waals surface area contributed by atoms with Gasteiger partial charge in [-0.1, -0.05) is 11.6 Å². The first-order valence-corrected chi connectivity index (χ1v) is 5.58. The minimum absolute atomic E-state index is 0.666. The Morgan fingerprint density at radius 2 is 2.19 bits per heavy atom. The predicted octanol–water partition coefficient (Wildman–Crippen LogP) is 3.11. The summed E-state index contributed by atoms with van der Waals surface area (Å²) in [7, 11) is 0. The van der Waals surface area contributed by atoms with Gasteiger partial charge in [0.15, 0.2) is 0 Å². The van der Waals surface area contributed by atoms with Gasteiger partial charge in [-0.2, -0.15) is 5.10 Å². The summed E-state index contributed by atoms with van der Waals surface area (Å²) >= 11 is 6.17. The summed E-state index contributed by atoms with van der Waals surface area (Å²) in [6, 6.07) is 3.78. The van der Waals surface area contributed by atoms with Gasteiger partial charge in [0.05, 0.1) is 11.2 Å². The molecule has 0 unspecified atom stereocenters. The lowest BCUT2D eigenvalue weighted by atomic mass is 10.1. The first kappa shape index (κ1) is 11.0. The van der Waals surface area contributed by atoms with Gasteiger partial charge in [0.1, 0.15) is 0 Å². The minimum atomic E-state index is 0.666. The van der Waals surface area contributed by atoms with Crippen LogP contribution >= 0.6 is 11.6 Å². The molecule has 0 saturated carbocycles. The third-order valence-corrected chi connectivity index (χ3v) is 2.94. The van der Waals surface area contributed by atoms with E-state index in [0.29, 0.717) is 5.02 Å². The molecular weight excluding hydrogens is 222 g/mol. The molecule has 0 aliphatic heterocycles. The van der Waals surface area contributed by atoms with E-state index in [9.17, 15) is 0 Å². The quantitative estimate of drug-likeness (QED) is 0.813. The molecule has 0 fully saturated rings. The van der Waals surface area contributed by atoms with E-state index in [0.717, 1.165) is 28.9 Å². The van der Waals surface area contributed by atoms with E-state index in [1.54, 1.807) is 6.07 Å². The molecule has 0 bridgehead atoms. The smallest absolute Gasteiger partial charge is 0.0568 e. The molecule has 2 aromatic rings. The molecule has 1 aromatic heterocycles. The molecule has 0 spiro atoms. The second-order valence-corrected chi connectivity index (χ2v) is 4.18. The molecule has 0 atom stereocenters. The Morgan fingerprint density at radius 3 is 2.81 bits per heavy atom. The first-order valence-electron chi connectivity index (χ1n) is 5.20. The van der Waals surface area contributed by atoms with Crippen molar-refractivity contribution in [1.29, 1.82) is 0 Å². The van der Waals surface area contributed by atoms with Crippen molar-refractivity contribution < 1.29 is 0 Å². The van der Waals surface area contributed by atoms with E-state index in [2.05, 4.69) is 5.10 Å². The number of hydrogen-bond donors (Lipinski definition) is 1. The Morgan fingerprint density at radius 1 is 1.44 bits per heavy atom. The van der Waals surface area contributed by atoms with Crippen LogP contribution in [0.15, 0.2) is 24.5 Å². The highest BCUT2D eigenvalue weighted by Gasteiger charge is 2.08. The van der Waals surface area contributed by atoms with Crippen LogP contribution in [-0.2, 0) is 6.54 Å². The first-order chi connectivity index (χ1) is 7.61. The molecule has 16 heavy (non-hydrogen) atoms. The molecule has 2 N–H and O–H groups in total. The molecule has 0 radical (unpaired) electrons.